The smallest absolute Gasteiger partial charge is 0.321 e. The first kappa shape index (κ1) is 18.8. The van der Waals surface area contributed by atoms with E-state index in [1.165, 1.54) is 4.90 Å². The number of benzene rings is 1. The maximum absolute atomic E-state index is 12.5. The van der Waals surface area contributed by atoms with Gasteiger partial charge in [-0.05, 0) is 43.0 Å². The number of aliphatic carboxylic acids is 1. The molecule has 0 bridgehead atoms. The number of likely N-dealkylation sites (tertiary alicyclic amines) is 1. The van der Waals surface area contributed by atoms with Crippen LogP contribution in [0.1, 0.15) is 29.3 Å². The lowest BCUT2D eigenvalue weighted by Gasteiger charge is -2.34. The Morgan fingerprint density at radius 1 is 1.24 bits per heavy atom. The number of hydrogen-bond donors (Lipinski definition) is 2. The van der Waals surface area contributed by atoms with E-state index in [-0.39, 0.29) is 24.4 Å². The van der Waals surface area contributed by atoms with Crippen LogP contribution in [-0.2, 0) is 4.79 Å². The lowest BCUT2D eigenvalue weighted by molar-refractivity contribution is -0.143. The van der Waals surface area contributed by atoms with Crippen LogP contribution in [0.2, 0.25) is 0 Å². The zero-order chi connectivity index (χ0) is 18.7. The van der Waals surface area contributed by atoms with Gasteiger partial charge in [-0.3, -0.25) is 9.59 Å². The summed E-state index contributed by atoms with van der Waals surface area (Å²) >= 11 is 0. The highest BCUT2D eigenvalue weighted by atomic mass is 16.4. The largest absolute Gasteiger partial charge is 0.481 e. The molecule has 136 valence electrons. The molecule has 2 rings (SSSR count). The van der Waals surface area contributed by atoms with Gasteiger partial charge in [0, 0.05) is 38.4 Å². The van der Waals surface area contributed by atoms with E-state index in [4.69, 9.17) is 0 Å². The lowest BCUT2D eigenvalue weighted by Crippen LogP contribution is -2.47. The van der Waals surface area contributed by atoms with Crippen molar-refractivity contribution in [3.63, 3.8) is 0 Å². The van der Waals surface area contributed by atoms with Crippen molar-refractivity contribution in [2.75, 3.05) is 32.5 Å². The molecule has 1 saturated heterocycles. The van der Waals surface area contributed by atoms with Gasteiger partial charge in [-0.25, -0.2) is 4.79 Å². The summed E-state index contributed by atoms with van der Waals surface area (Å²) in [5.41, 5.74) is 1.94. The second kappa shape index (κ2) is 7.55. The number of carbonyl (C=O) groups is 3. The standard InChI is InChI=1S/C18H25N3O4/c1-11-7-13(17(23)24)10-21(9-11)18(25)19-14-5-6-15(12(2)8-14)16(22)20(3)4/h5-6,8,11,13H,7,9-10H2,1-4H3,(H,19,25)(H,23,24). The minimum absolute atomic E-state index is 0.0930. The average Bonchev–Trinajstić information content (AvgIpc) is 2.53. The molecule has 0 radical (unpaired) electrons. The summed E-state index contributed by atoms with van der Waals surface area (Å²) < 4.78 is 0. The molecule has 25 heavy (non-hydrogen) atoms. The molecule has 2 N–H and O–H groups in total. The van der Waals surface area contributed by atoms with Gasteiger partial charge in [-0.15, -0.1) is 0 Å². The fourth-order valence-corrected chi connectivity index (χ4v) is 3.12. The van der Waals surface area contributed by atoms with E-state index in [2.05, 4.69) is 5.32 Å². The quantitative estimate of drug-likeness (QED) is 0.878. The number of carboxylic acids is 1. The van der Waals surface area contributed by atoms with E-state index in [0.717, 1.165) is 5.56 Å². The predicted octanol–water partition coefficient (Wildman–Crippen LogP) is 2.27. The SMILES string of the molecule is Cc1cc(NC(=O)N2CC(C)CC(C(=O)O)C2)ccc1C(=O)N(C)C. The lowest BCUT2D eigenvalue weighted by atomic mass is 9.91. The molecule has 0 aromatic heterocycles. The van der Waals surface area contributed by atoms with E-state index < -0.39 is 11.9 Å². The second-order valence-corrected chi connectivity index (χ2v) is 6.94. The number of carbonyl (C=O) groups excluding carboxylic acids is 2. The molecule has 0 aliphatic carbocycles. The van der Waals surface area contributed by atoms with E-state index in [0.29, 0.717) is 24.2 Å². The van der Waals surface area contributed by atoms with E-state index in [9.17, 15) is 19.5 Å². The van der Waals surface area contributed by atoms with E-state index in [1.54, 1.807) is 37.2 Å². The summed E-state index contributed by atoms with van der Waals surface area (Å²) in [5, 5.41) is 12.0. The number of piperidine rings is 1. The first-order valence-electron chi connectivity index (χ1n) is 8.30. The fourth-order valence-electron chi connectivity index (χ4n) is 3.12. The van der Waals surface area contributed by atoms with Crippen molar-refractivity contribution in [2.45, 2.75) is 20.3 Å². The van der Waals surface area contributed by atoms with Gasteiger partial charge in [0.15, 0.2) is 0 Å². The molecule has 1 aliphatic heterocycles. The van der Waals surface area contributed by atoms with Crippen LogP contribution in [0, 0.1) is 18.8 Å². The predicted molar refractivity (Wildman–Crippen MR) is 94.7 cm³/mol. The number of amides is 3. The molecular formula is C18H25N3O4. The van der Waals surface area contributed by atoms with Gasteiger partial charge in [0.25, 0.3) is 5.91 Å². The molecular weight excluding hydrogens is 322 g/mol. The highest BCUT2D eigenvalue weighted by Crippen LogP contribution is 2.23. The van der Waals surface area contributed by atoms with Gasteiger partial charge < -0.3 is 20.2 Å². The minimum Gasteiger partial charge on any atom is -0.481 e. The number of anilines is 1. The number of aryl methyl sites for hydroxylation is 1. The fraction of sp³-hybridized carbons (Fsp3) is 0.500. The molecule has 7 heteroatoms. The van der Waals surface area contributed by atoms with Crippen molar-refractivity contribution in [2.24, 2.45) is 11.8 Å². The van der Waals surface area contributed by atoms with Crippen molar-refractivity contribution in [3.05, 3.63) is 29.3 Å². The summed E-state index contributed by atoms with van der Waals surface area (Å²) in [4.78, 5) is 38.8. The maximum atomic E-state index is 12.5. The molecule has 1 heterocycles. The Hall–Kier alpha value is -2.57. The van der Waals surface area contributed by atoms with Crippen molar-refractivity contribution >= 4 is 23.6 Å². The zero-order valence-corrected chi connectivity index (χ0v) is 15.1. The number of carboxylic acid groups (broad SMARTS) is 1. The van der Waals surface area contributed by atoms with Crippen LogP contribution in [-0.4, -0.2) is 60.0 Å². The Balaban J connectivity index is 2.09. The van der Waals surface area contributed by atoms with E-state index in [1.807, 2.05) is 13.8 Å². The number of nitrogens with one attached hydrogen (secondary N) is 1. The van der Waals surface area contributed by atoms with Gasteiger partial charge in [0.1, 0.15) is 0 Å². The van der Waals surface area contributed by atoms with Gasteiger partial charge in [-0.2, -0.15) is 0 Å². The molecule has 1 aliphatic rings. The third-order valence-corrected chi connectivity index (χ3v) is 4.41. The third-order valence-electron chi connectivity index (χ3n) is 4.41. The van der Waals surface area contributed by atoms with Crippen molar-refractivity contribution in [1.82, 2.24) is 9.80 Å². The first-order chi connectivity index (χ1) is 11.7. The Morgan fingerprint density at radius 2 is 1.92 bits per heavy atom. The van der Waals surface area contributed by atoms with Crippen LogP contribution in [0.15, 0.2) is 18.2 Å². The van der Waals surface area contributed by atoms with Crippen molar-refractivity contribution < 1.29 is 19.5 Å². The number of hydrogen-bond acceptors (Lipinski definition) is 3. The highest BCUT2D eigenvalue weighted by Gasteiger charge is 2.31. The summed E-state index contributed by atoms with van der Waals surface area (Å²) in [6.45, 7) is 4.50. The monoisotopic (exact) mass is 347 g/mol. The maximum Gasteiger partial charge on any atom is 0.321 e. The van der Waals surface area contributed by atoms with Crippen LogP contribution in [0.5, 0.6) is 0 Å². The third kappa shape index (κ3) is 4.49. The number of rotatable bonds is 3. The molecule has 2 atom stereocenters. The summed E-state index contributed by atoms with van der Waals surface area (Å²) in [7, 11) is 3.38. The molecule has 1 aromatic rings. The minimum atomic E-state index is -0.869. The Morgan fingerprint density at radius 3 is 2.48 bits per heavy atom. The molecule has 1 aromatic carbocycles. The Labute approximate surface area is 147 Å². The highest BCUT2D eigenvalue weighted by molar-refractivity contribution is 5.96. The van der Waals surface area contributed by atoms with Crippen molar-refractivity contribution in [3.8, 4) is 0 Å². The van der Waals surface area contributed by atoms with Gasteiger partial charge >= 0.3 is 12.0 Å². The van der Waals surface area contributed by atoms with Crippen LogP contribution in [0.3, 0.4) is 0 Å². The summed E-state index contributed by atoms with van der Waals surface area (Å²) in [6, 6.07) is 4.80. The van der Waals surface area contributed by atoms with Crippen LogP contribution >= 0.6 is 0 Å². The number of urea groups is 1. The van der Waals surface area contributed by atoms with Gasteiger partial charge in [0.05, 0.1) is 5.92 Å². The zero-order valence-electron chi connectivity index (χ0n) is 15.1. The average molecular weight is 347 g/mol. The Bertz CT molecular complexity index is 687. The summed E-state index contributed by atoms with van der Waals surface area (Å²) in [6.07, 6.45) is 0.583. The van der Waals surface area contributed by atoms with Crippen molar-refractivity contribution in [1.29, 1.82) is 0 Å². The number of nitrogens with zero attached hydrogens (tertiary/aromatic N) is 2. The second-order valence-electron chi connectivity index (χ2n) is 6.94. The Kier molecular flexibility index (Phi) is 5.66. The molecule has 7 nitrogen and oxygen atoms in total. The molecule has 1 fully saturated rings. The molecule has 0 spiro atoms. The first-order valence-corrected chi connectivity index (χ1v) is 8.30. The summed E-state index contributed by atoms with van der Waals surface area (Å²) in [5.74, 6) is -1.35. The van der Waals surface area contributed by atoms with Gasteiger partial charge in [0.2, 0.25) is 0 Å². The van der Waals surface area contributed by atoms with Crippen LogP contribution in [0.4, 0.5) is 10.5 Å². The molecule has 0 saturated carbocycles. The normalized spacial score (nSPS) is 20.1. The molecule has 3 amide bonds. The van der Waals surface area contributed by atoms with Crippen LogP contribution < -0.4 is 5.32 Å². The van der Waals surface area contributed by atoms with Gasteiger partial charge in [-0.1, -0.05) is 6.92 Å². The topological polar surface area (TPSA) is 90.0 Å². The van der Waals surface area contributed by atoms with E-state index >= 15 is 0 Å². The van der Waals surface area contributed by atoms with Crippen LogP contribution in [0.25, 0.3) is 0 Å². The molecule has 2 unspecified atom stereocenters.